The van der Waals surface area contributed by atoms with Crippen LogP contribution in [0.15, 0.2) is 43.0 Å². The number of nitrogens with zero attached hydrogens (tertiary/aromatic N) is 2. The van der Waals surface area contributed by atoms with Crippen molar-refractivity contribution in [3.05, 3.63) is 48.5 Å². The van der Waals surface area contributed by atoms with Gasteiger partial charge < -0.3 is 9.88 Å². The van der Waals surface area contributed by atoms with Crippen LogP contribution in [0.5, 0.6) is 0 Å². The Balaban J connectivity index is 1.86. The van der Waals surface area contributed by atoms with Crippen LogP contribution >= 0.6 is 0 Å². The van der Waals surface area contributed by atoms with Crippen molar-refractivity contribution in [2.45, 2.75) is 19.9 Å². The second-order valence-corrected chi connectivity index (χ2v) is 3.99. The molecule has 92 valence electrons. The number of aromatic nitrogens is 2. The third-order valence-electron chi connectivity index (χ3n) is 2.67. The SMILES string of the molecule is CC#CCCNCc1ccc(-n2ccnc2)cc1. The summed E-state index contributed by atoms with van der Waals surface area (Å²) in [4.78, 5) is 4.04. The Morgan fingerprint density at radius 1 is 1.28 bits per heavy atom. The molecule has 0 aliphatic heterocycles. The molecular weight excluding hydrogens is 222 g/mol. The molecule has 2 rings (SSSR count). The molecule has 0 saturated heterocycles. The first-order valence-corrected chi connectivity index (χ1v) is 6.08. The molecule has 0 aliphatic rings. The van der Waals surface area contributed by atoms with Crippen molar-refractivity contribution in [1.82, 2.24) is 14.9 Å². The minimum absolute atomic E-state index is 0.885. The van der Waals surface area contributed by atoms with E-state index in [1.54, 1.807) is 12.5 Å². The molecule has 0 aliphatic carbocycles. The number of rotatable bonds is 5. The lowest BCUT2D eigenvalue weighted by molar-refractivity contribution is 0.701. The van der Waals surface area contributed by atoms with Crippen molar-refractivity contribution in [2.75, 3.05) is 6.54 Å². The molecule has 1 N–H and O–H groups in total. The summed E-state index contributed by atoms with van der Waals surface area (Å²) in [5.41, 5.74) is 2.41. The molecule has 0 amide bonds. The first-order chi connectivity index (χ1) is 8.90. The quantitative estimate of drug-likeness (QED) is 0.641. The summed E-state index contributed by atoms with van der Waals surface area (Å²) >= 11 is 0. The van der Waals surface area contributed by atoms with E-state index in [0.717, 1.165) is 25.2 Å². The van der Waals surface area contributed by atoms with Gasteiger partial charge in [0.15, 0.2) is 0 Å². The van der Waals surface area contributed by atoms with Crippen LogP contribution in [0.25, 0.3) is 5.69 Å². The molecule has 0 atom stereocenters. The maximum atomic E-state index is 4.04. The molecule has 0 bridgehead atoms. The zero-order chi connectivity index (χ0) is 12.6. The molecule has 0 saturated carbocycles. The predicted molar refractivity (Wildman–Crippen MR) is 73.3 cm³/mol. The van der Waals surface area contributed by atoms with E-state index in [9.17, 15) is 0 Å². The van der Waals surface area contributed by atoms with E-state index in [4.69, 9.17) is 0 Å². The topological polar surface area (TPSA) is 29.9 Å². The van der Waals surface area contributed by atoms with Gasteiger partial charge in [-0.2, -0.15) is 0 Å². The summed E-state index contributed by atoms with van der Waals surface area (Å²) in [5.74, 6) is 5.93. The van der Waals surface area contributed by atoms with Gasteiger partial charge in [0.2, 0.25) is 0 Å². The number of benzene rings is 1. The summed E-state index contributed by atoms with van der Waals surface area (Å²) < 4.78 is 1.99. The van der Waals surface area contributed by atoms with Crippen LogP contribution in [0.1, 0.15) is 18.9 Å². The first kappa shape index (κ1) is 12.4. The molecule has 0 unspecified atom stereocenters. The zero-order valence-corrected chi connectivity index (χ0v) is 10.6. The smallest absolute Gasteiger partial charge is 0.0991 e. The Kier molecular flexibility index (Phi) is 4.57. The first-order valence-electron chi connectivity index (χ1n) is 6.08. The molecule has 18 heavy (non-hydrogen) atoms. The van der Waals surface area contributed by atoms with Crippen LogP contribution in [0.2, 0.25) is 0 Å². The molecule has 0 spiro atoms. The lowest BCUT2D eigenvalue weighted by atomic mass is 10.2. The van der Waals surface area contributed by atoms with Crippen molar-refractivity contribution < 1.29 is 0 Å². The van der Waals surface area contributed by atoms with Gasteiger partial charge in [0.25, 0.3) is 0 Å². The van der Waals surface area contributed by atoms with E-state index in [0.29, 0.717) is 0 Å². The maximum Gasteiger partial charge on any atom is 0.0991 e. The van der Waals surface area contributed by atoms with Gasteiger partial charge in [-0.3, -0.25) is 0 Å². The molecule has 1 aromatic carbocycles. The third-order valence-corrected chi connectivity index (χ3v) is 2.67. The standard InChI is InChI=1S/C15H17N3/c1-2-3-4-9-16-12-14-5-7-15(8-6-14)18-11-10-17-13-18/h5-8,10-11,13,16H,4,9,12H2,1H3. The third kappa shape index (κ3) is 3.47. The van der Waals surface area contributed by atoms with Gasteiger partial charge in [0.1, 0.15) is 0 Å². The van der Waals surface area contributed by atoms with Crippen molar-refractivity contribution >= 4 is 0 Å². The van der Waals surface area contributed by atoms with Crippen molar-refractivity contribution in [3.8, 4) is 17.5 Å². The molecule has 2 aromatic rings. The largest absolute Gasteiger partial charge is 0.312 e. The summed E-state index contributed by atoms with van der Waals surface area (Å²) in [6, 6.07) is 8.47. The Labute approximate surface area is 108 Å². The van der Waals surface area contributed by atoms with E-state index < -0.39 is 0 Å². The Bertz CT molecular complexity index is 515. The highest BCUT2D eigenvalue weighted by Crippen LogP contribution is 2.08. The number of nitrogens with one attached hydrogen (secondary N) is 1. The van der Waals surface area contributed by atoms with E-state index in [1.807, 2.05) is 17.7 Å². The van der Waals surface area contributed by atoms with Crippen LogP contribution in [-0.2, 0) is 6.54 Å². The second kappa shape index (κ2) is 6.63. The minimum atomic E-state index is 0.885. The average Bonchev–Trinajstić information content (AvgIpc) is 2.93. The van der Waals surface area contributed by atoms with E-state index in [2.05, 4.69) is 46.4 Å². The predicted octanol–water partition coefficient (Wildman–Crippen LogP) is 2.38. The fourth-order valence-electron chi connectivity index (χ4n) is 1.71. The number of hydrogen-bond donors (Lipinski definition) is 1. The van der Waals surface area contributed by atoms with Crippen LogP contribution < -0.4 is 5.32 Å². The normalized spacial score (nSPS) is 9.83. The van der Waals surface area contributed by atoms with Crippen LogP contribution in [0.4, 0.5) is 0 Å². The van der Waals surface area contributed by atoms with E-state index in [1.165, 1.54) is 5.56 Å². The van der Waals surface area contributed by atoms with Gasteiger partial charge in [0.05, 0.1) is 6.33 Å². The molecule has 1 aromatic heterocycles. The summed E-state index contributed by atoms with van der Waals surface area (Å²) in [6.07, 6.45) is 6.43. The minimum Gasteiger partial charge on any atom is -0.312 e. The average molecular weight is 239 g/mol. The van der Waals surface area contributed by atoms with Crippen molar-refractivity contribution in [3.63, 3.8) is 0 Å². The number of hydrogen-bond acceptors (Lipinski definition) is 2. The fraction of sp³-hybridized carbons (Fsp3) is 0.267. The van der Waals surface area contributed by atoms with E-state index in [-0.39, 0.29) is 0 Å². The van der Waals surface area contributed by atoms with Crippen LogP contribution in [0.3, 0.4) is 0 Å². The van der Waals surface area contributed by atoms with Crippen molar-refractivity contribution in [1.29, 1.82) is 0 Å². The monoisotopic (exact) mass is 239 g/mol. The summed E-state index contributed by atoms with van der Waals surface area (Å²) in [7, 11) is 0. The Morgan fingerprint density at radius 3 is 2.78 bits per heavy atom. The lowest BCUT2D eigenvalue weighted by Crippen LogP contribution is -2.14. The Hall–Kier alpha value is -2.05. The highest BCUT2D eigenvalue weighted by atomic mass is 15.0. The Morgan fingerprint density at radius 2 is 2.11 bits per heavy atom. The number of imidazole rings is 1. The zero-order valence-electron chi connectivity index (χ0n) is 10.6. The molecule has 0 radical (unpaired) electrons. The second-order valence-electron chi connectivity index (χ2n) is 3.99. The van der Waals surface area contributed by atoms with Gasteiger partial charge in [-0.25, -0.2) is 4.98 Å². The van der Waals surface area contributed by atoms with E-state index >= 15 is 0 Å². The maximum absolute atomic E-state index is 4.04. The van der Waals surface area contributed by atoms with Gasteiger partial charge in [-0.05, 0) is 24.6 Å². The fourth-order valence-corrected chi connectivity index (χ4v) is 1.71. The highest BCUT2D eigenvalue weighted by molar-refractivity contribution is 5.34. The molecule has 3 nitrogen and oxygen atoms in total. The van der Waals surface area contributed by atoms with Gasteiger partial charge in [-0.15, -0.1) is 11.8 Å². The molecular formula is C15H17N3. The van der Waals surface area contributed by atoms with Crippen LogP contribution in [-0.4, -0.2) is 16.1 Å². The highest BCUT2D eigenvalue weighted by Gasteiger charge is 1.96. The summed E-state index contributed by atoms with van der Waals surface area (Å²) in [5, 5.41) is 3.37. The van der Waals surface area contributed by atoms with Gasteiger partial charge >= 0.3 is 0 Å². The molecule has 1 heterocycles. The summed E-state index contributed by atoms with van der Waals surface area (Å²) in [6.45, 7) is 3.69. The molecule has 0 fully saturated rings. The molecule has 3 heteroatoms. The lowest BCUT2D eigenvalue weighted by Gasteiger charge is -2.05. The van der Waals surface area contributed by atoms with Crippen molar-refractivity contribution in [2.24, 2.45) is 0 Å². The van der Waals surface area contributed by atoms with Gasteiger partial charge in [-0.1, -0.05) is 12.1 Å². The van der Waals surface area contributed by atoms with Crippen LogP contribution in [0, 0.1) is 11.8 Å². The van der Waals surface area contributed by atoms with Gasteiger partial charge in [0, 0.05) is 37.6 Å².